The Morgan fingerprint density at radius 1 is 1.00 bits per heavy atom. The molecule has 4 unspecified atom stereocenters. The molecule has 0 bridgehead atoms. The van der Waals surface area contributed by atoms with E-state index in [-0.39, 0.29) is 12.0 Å². The zero-order valence-electron chi connectivity index (χ0n) is 14.4. The zero-order valence-corrected chi connectivity index (χ0v) is 14.4. The maximum absolute atomic E-state index is 10.9. The van der Waals surface area contributed by atoms with E-state index in [1.807, 2.05) is 0 Å². The highest BCUT2D eigenvalue weighted by Gasteiger charge is 2.27. The second kappa shape index (κ2) is 10.00. The minimum absolute atomic E-state index is 0.218. The average molecular weight is 290 g/mol. The molecule has 1 nitrogen and oxygen atoms in total. The van der Waals surface area contributed by atoms with Gasteiger partial charge in [-0.3, -0.25) is 0 Å². The first-order valence-corrected chi connectivity index (χ1v) is 8.86. The lowest BCUT2D eigenvalue weighted by atomic mass is 9.77. The molecule has 1 heteroatoms. The van der Waals surface area contributed by atoms with Gasteiger partial charge in [0, 0.05) is 5.92 Å². The summed E-state index contributed by atoms with van der Waals surface area (Å²) in [6, 6.07) is 10.6. The zero-order chi connectivity index (χ0) is 15.7. The van der Waals surface area contributed by atoms with E-state index in [4.69, 9.17) is 0 Å². The molecular formula is C20H34O. The number of benzene rings is 1. The normalized spacial score (nSPS) is 17.2. The lowest BCUT2D eigenvalue weighted by Crippen LogP contribution is -2.26. The van der Waals surface area contributed by atoms with Crippen molar-refractivity contribution in [3.05, 3.63) is 35.9 Å². The Morgan fingerprint density at radius 2 is 1.67 bits per heavy atom. The average Bonchev–Trinajstić information content (AvgIpc) is 2.52. The summed E-state index contributed by atoms with van der Waals surface area (Å²) in [6.07, 6.45) is 6.81. The van der Waals surface area contributed by atoms with Gasteiger partial charge in [-0.1, -0.05) is 90.1 Å². The van der Waals surface area contributed by atoms with E-state index in [9.17, 15) is 5.11 Å². The lowest BCUT2D eigenvalue weighted by Gasteiger charge is -2.31. The van der Waals surface area contributed by atoms with Crippen LogP contribution in [0.25, 0.3) is 0 Å². The predicted molar refractivity (Wildman–Crippen MR) is 92.6 cm³/mol. The van der Waals surface area contributed by atoms with Gasteiger partial charge in [0.25, 0.3) is 0 Å². The van der Waals surface area contributed by atoms with Crippen LogP contribution in [0.1, 0.15) is 77.7 Å². The van der Waals surface area contributed by atoms with Crippen LogP contribution < -0.4 is 0 Å². The van der Waals surface area contributed by atoms with Crippen molar-refractivity contribution in [3.8, 4) is 0 Å². The summed E-state index contributed by atoms with van der Waals surface area (Å²) in [4.78, 5) is 0. The van der Waals surface area contributed by atoms with E-state index in [1.54, 1.807) is 0 Å². The van der Waals surface area contributed by atoms with Crippen LogP contribution in [0.4, 0.5) is 0 Å². The van der Waals surface area contributed by atoms with Crippen molar-refractivity contribution in [3.63, 3.8) is 0 Å². The Morgan fingerprint density at radius 3 is 2.19 bits per heavy atom. The number of hydrogen-bond acceptors (Lipinski definition) is 1. The lowest BCUT2D eigenvalue weighted by molar-refractivity contribution is 0.0880. The van der Waals surface area contributed by atoms with Gasteiger partial charge in [0.15, 0.2) is 0 Å². The van der Waals surface area contributed by atoms with E-state index in [2.05, 4.69) is 58.0 Å². The van der Waals surface area contributed by atoms with E-state index >= 15 is 0 Å². The number of hydrogen-bond donors (Lipinski definition) is 1. The second-order valence-electron chi connectivity index (χ2n) is 6.54. The molecule has 4 atom stereocenters. The summed E-state index contributed by atoms with van der Waals surface area (Å²) >= 11 is 0. The van der Waals surface area contributed by atoms with Gasteiger partial charge in [0.2, 0.25) is 0 Å². The van der Waals surface area contributed by atoms with Gasteiger partial charge in [-0.15, -0.1) is 0 Å². The quantitative estimate of drug-likeness (QED) is 0.578. The van der Waals surface area contributed by atoms with Gasteiger partial charge in [0.1, 0.15) is 0 Å². The van der Waals surface area contributed by atoms with Crippen LogP contribution in [0.5, 0.6) is 0 Å². The maximum atomic E-state index is 10.9. The van der Waals surface area contributed by atoms with Crippen molar-refractivity contribution in [1.29, 1.82) is 0 Å². The summed E-state index contributed by atoms with van der Waals surface area (Å²) in [5.74, 6) is 1.45. The molecule has 0 aromatic heterocycles. The third-order valence-electron chi connectivity index (χ3n) is 4.97. The van der Waals surface area contributed by atoms with Crippen LogP contribution in [-0.2, 0) is 0 Å². The topological polar surface area (TPSA) is 20.2 Å². The highest BCUT2D eigenvalue weighted by molar-refractivity contribution is 5.21. The van der Waals surface area contributed by atoms with Crippen molar-refractivity contribution < 1.29 is 5.11 Å². The fourth-order valence-corrected chi connectivity index (χ4v) is 3.33. The SMILES string of the molecule is CCCCC(CC)CC(O)C(c1ccccc1)C(C)CC. The summed E-state index contributed by atoms with van der Waals surface area (Å²) in [7, 11) is 0. The van der Waals surface area contributed by atoms with Crippen LogP contribution in [0, 0.1) is 11.8 Å². The van der Waals surface area contributed by atoms with Crippen LogP contribution in [0.3, 0.4) is 0 Å². The Hall–Kier alpha value is -0.820. The van der Waals surface area contributed by atoms with Gasteiger partial charge in [0.05, 0.1) is 6.10 Å². The smallest absolute Gasteiger partial charge is 0.0613 e. The van der Waals surface area contributed by atoms with Gasteiger partial charge in [-0.05, 0) is 23.8 Å². The molecule has 0 heterocycles. The van der Waals surface area contributed by atoms with Gasteiger partial charge >= 0.3 is 0 Å². The molecule has 0 aliphatic heterocycles. The monoisotopic (exact) mass is 290 g/mol. The molecule has 120 valence electrons. The van der Waals surface area contributed by atoms with Crippen LogP contribution in [0.2, 0.25) is 0 Å². The molecule has 0 saturated carbocycles. The predicted octanol–water partition coefficient (Wildman–Crippen LogP) is 5.78. The second-order valence-corrected chi connectivity index (χ2v) is 6.54. The third kappa shape index (κ3) is 5.82. The Kier molecular flexibility index (Phi) is 8.68. The number of aliphatic hydroxyl groups is 1. The number of unbranched alkanes of at least 4 members (excludes halogenated alkanes) is 1. The third-order valence-corrected chi connectivity index (χ3v) is 4.97. The van der Waals surface area contributed by atoms with Crippen LogP contribution in [0.15, 0.2) is 30.3 Å². The molecule has 0 aliphatic rings. The molecular weight excluding hydrogens is 256 g/mol. The number of rotatable bonds is 10. The molecule has 0 fully saturated rings. The van der Waals surface area contributed by atoms with Gasteiger partial charge in [-0.2, -0.15) is 0 Å². The Bertz CT molecular complexity index is 359. The molecule has 0 spiro atoms. The van der Waals surface area contributed by atoms with Crippen LogP contribution >= 0.6 is 0 Å². The summed E-state index contributed by atoms with van der Waals surface area (Å²) in [5, 5.41) is 10.9. The van der Waals surface area contributed by atoms with E-state index in [0.29, 0.717) is 11.8 Å². The summed E-state index contributed by atoms with van der Waals surface area (Å²) in [6.45, 7) is 9.00. The molecule has 1 aromatic carbocycles. The molecule has 0 radical (unpaired) electrons. The molecule has 1 aromatic rings. The molecule has 0 saturated heterocycles. The van der Waals surface area contributed by atoms with Crippen molar-refractivity contribution >= 4 is 0 Å². The Balaban J connectivity index is 2.78. The van der Waals surface area contributed by atoms with Crippen molar-refractivity contribution in [2.45, 2.75) is 78.2 Å². The van der Waals surface area contributed by atoms with Crippen molar-refractivity contribution in [2.75, 3.05) is 0 Å². The first kappa shape index (κ1) is 18.2. The largest absolute Gasteiger partial charge is 0.392 e. The maximum Gasteiger partial charge on any atom is 0.0613 e. The first-order valence-electron chi connectivity index (χ1n) is 8.86. The highest BCUT2D eigenvalue weighted by atomic mass is 16.3. The minimum Gasteiger partial charge on any atom is -0.392 e. The fraction of sp³-hybridized carbons (Fsp3) is 0.700. The summed E-state index contributed by atoms with van der Waals surface area (Å²) < 4.78 is 0. The van der Waals surface area contributed by atoms with Crippen molar-refractivity contribution in [2.24, 2.45) is 11.8 Å². The van der Waals surface area contributed by atoms with Gasteiger partial charge < -0.3 is 5.11 Å². The van der Waals surface area contributed by atoms with E-state index in [0.717, 1.165) is 12.8 Å². The molecule has 1 rings (SSSR count). The van der Waals surface area contributed by atoms with E-state index < -0.39 is 0 Å². The highest BCUT2D eigenvalue weighted by Crippen LogP contribution is 2.34. The molecule has 1 N–H and O–H groups in total. The molecule has 0 aliphatic carbocycles. The van der Waals surface area contributed by atoms with E-state index in [1.165, 1.54) is 31.2 Å². The van der Waals surface area contributed by atoms with Gasteiger partial charge in [-0.25, -0.2) is 0 Å². The van der Waals surface area contributed by atoms with Crippen LogP contribution in [-0.4, -0.2) is 11.2 Å². The molecule has 0 amide bonds. The Labute approximate surface area is 131 Å². The summed E-state index contributed by atoms with van der Waals surface area (Å²) in [5.41, 5.74) is 1.30. The minimum atomic E-state index is -0.218. The molecule has 21 heavy (non-hydrogen) atoms. The fourth-order valence-electron chi connectivity index (χ4n) is 3.33. The standard InChI is InChI=1S/C20H34O/c1-5-8-12-17(7-3)15-19(21)20(16(4)6-2)18-13-10-9-11-14-18/h9-11,13-14,16-17,19-21H,5-8,12,15H2,1-4H3. The number of aliphatic hydroxyl groups excluding tert-OH is 1. The first-order chi connectivity index (χ1) is 10.1. The van der Waals surface area contributed by atoms with Crippen molar-refractivity contribution in [1.82, 2.24) is 0 Å².